The Morgan fingerprint density at radius 3 is 2.59 bits per heavy atom. The van der Waals surface area contributed by atoms with E-state index in [1.165, 1.54) is 16.7 Å². The number of nitrogens with one attached hydrogen (secondary N) is 1. The van der Waals surface area contributed by atoms with Gasteiger partial charge in [0, 0.05) is 43.7 Å². The highest BCUT2D eigenvalue weighted by Crippen LogP contribution is 2.43. The number of fused-ring (bicyclic) bond motifs is 3. The molecule has 0 saturated carbocycles. The zero-order chi connectivity index (χ0) is 29.4. The molecule has 1 unspecified atom stereocenters. The predicted octanol–water partition coefficient (Wildman–Crippen LogP) is 4.23. The summed E-state index contributed by atoms with van der Waals surface area (Å²) in [5.74, 6) is -1.39. The maximum absolute atomic E-state index is 14.0. The molecule has 3 amide bonds. The Labute approximate surface area is 231 Å². The molecule has 1 aromatic carbocycles. The molecule has 3 N–H and O–H groups in total. The Bertz CT molecular complexity index is 1450. The van der Waals surface area contributed by atoms with Crippen LogP contribution in [0.25, 0.3) is 0 Å². The standard InChI is InChI=1S/C15H14F5N3.C12H14N4O2/c16-11-5-2-4-10(14(11)17)9-3-1-6-12-21-22-13(23(12)8-9)7-15(18,19)20;13-11(18)16-6-3-12(4-7-16)8-2-1-5-14-9(8)15-10(12)17/h2,4-5,9H,1,3,6-8H2;1-2,5H,3-4,6-7H2,(H2,13,18)(H,14,15,17). The second-order valence-electron chi connectivity index (χ2n) is 10.4. The van der Waals surface area contributed by atoms with Crippen molar-refractivity contribution in [2.24, 2.45) is 5.73 Å². The summed E-state index contributed by atoms with van der Waals surface area (Å²) in [5.41, 5.74) is 5.85. The average Bonchev–Trinajstić information content (AvgIpc) is 3.32. The van der Waals surface area contributed by atoms with Gasteiger partial charge < -0.3 is 20.5 Å². The van der Waals surface area contributed by atoms with Gasteiger partial charge in [-0.15, -0.1) is 10.2 Å². The van der Waals surface area contributed by atoms with Gasteiger partial charge in [-0.05, 0) is 43.4 Å². The van der Waals surface area contributed by atoms with Crippen molar-refractivity contribution < 1.29 is 31.5 Å². The monoisotopic (exact) mass is 577 g/mol. The Balaban J connectivity index is 0.000000169. The van der Waals surface area contributed by atoms with Crippen molar-refractivity contribution in [3.05, 3.63) is 70.9 Å². The zero-order valence-electron chi connectivity index (χ0n) is 21.9. The molecule has 0 bridgehead atoms. The fraction of sp³-hybridized carbons (Fsp3) is 0.444. The van der Waals surface area contributed by atoms with Crippen LogP contribution < -0.4 is 11.1 Å². The lowest BCUT2D eigenvalue weighted by atomic mass is 9.74. The Morgan fingerprint density at radius 1 is 1.12 bits per heavy atom. The maximum atomic E-state index is 14.0. The highest BCUT2D eigenvalue weighted by Gasteiger charge is 2.49. The normalized spacial score (nSPS) is 19.5. The number of alkyl halides is 3. The van der Waals surface area contributed by atoms with Gasteiger partial charge in [-0.3, -0.25) is 4.79 Å². The number of nitrogens with two attached hydrogens (primary N) is 1. The lowest BCUT2D eigenvalue weighted by molar-refractivity contribution is -0.129. The number of urea groups is 1. The molecule has 2 aromatic heterocycles. The molecule has 0 aliphatic carbocycles. The topological polar surface area (TPSA) is 119 Å². The third-order valence-electron chi connectivity index (χ3n) is 7.96. The number of rotatable bonds is 2. The second kappa shape index (κ2) is 11.1. The molecular weight excluding hydrogens is 549 g/mol. The van der Waals surface area contributed by atoms with Crippen molar-refractivity contribution >= 4 is 17.8 Å². The van der Waals surface area contributed by atoms with Gasteiger partial charge in [-0.2, -0.15) is 13.2 Å². The molecule has 41 heavy (non-hydrogen) atoms. The number of hydrogen-bond acceptors (Lipinski definition) is 5. The minimum atomic E-state index is -4.39. The Kier molecular flexibility index (Phi) is 7.66. The molecule has 9 nitrogen and oxygen atoms in total. The van der Waals surface area contributed by atoms with Gasteiger partial charge >= 0.3 is 12.2 Å². The van der Waals surface area contributed by atoms with Gasteiger partial charge in [0.1, 0.15) is 23.9 Å². The zero-order valence-corrected chi connectivity index (χ0v) is 21.9. The van der Waals surface area contributed by atoms with E-state index >= 15 is 0 Å². The van der Waals surface area contributed by atoms with Gasteiger partial charge in [0.25, 0.3) is 0 Å². The van der Waals surface area contributed by atoms with Crippen molar-refractivity contribution in [1.82, 2.24) is 24.6 Å². The number of anilines is 1. The molecule has 1 saturated heterocycles. The highest BCUT2D eigenvalue weighted by molar-refractivity contribution is 6.05. The van der Waals surface area contributed by atoms with Crippen molar-refractivity contribution in [2.45, 2.75) is 62.6 Å². The number of carbonyl (C=O) groups is 2. The van der Waals surface area contributed by atoms with Gasteiger partial charge in [0.05, 0.1) is 5.41 Å². The number of piperidine rings is 1. The number of aromatic nitrogens is 4. The summed E-state index contributed by atoms with van der Waals surface area (Å²) in [6.07, 6.45) is -1.07. The van der Waals surface area contributed by atoms with Crippen LogP contribution in [0.1, 0.15) is 54.4 Å². The van der Waals surface area contributed by atoms with Crippen LogP contribution in [0.5, 0.6) is 0 Å². The van der Waals surface area contributed by atoms with Gasteiger partial charge in [0.2, 0.25) is 5.91 Å². The van der Waals surface area contributed by atoms with Crippen molar-refractivity contribution in [3.8, 4) is 0 Å². The third-order valence-corrected chi connectivity index (χ3v) is 7.96. The Hall–Kier alpha value is -4.10. The number of pyridine rings is 1. The summed E-state index contributed by atoms with van der Waals surface area (Å²) in [4.78, 5) is 29.1. The number of hydrogen-bond donors (Lipinski definition) is 2. The van der Waals surface area contributed by atoms with Crippen LogP contribution in [-0.4, -0.2) is 55.9 Å². The molecule has 0 radical (unpaired) electrons. The third kappa shape index (κ3) is 5.72. The molecule has 3 aliphatic rings. The summed E-state index contributed by atoms with van der Waals surface area (Å²) in [6.45, 7) is 1.14. The summed E-state index contributed by atoms with van der Waals surface area (Å²) in [5, 5.41) is 10.2. The van der Waals surface area contributed by atoms with E-state index in [2.05, 4.69) is 20.5 Å². The molecule has 1 atom stereocenters. The van der Waals surface area contributed by atoms with E-state index in [1.54, 1.807) is 11.1 Å². The molecule has 1 spiro atoms. The molecule has 6 rings (SSSR count). The summed E-state index contributed by atoms with van der Waals surface area (Å²) < 4.78 is 66.7. The summed E-state index contributed by atoms with van der Waals surface area (Å²) in [6, 6.07) is 7.25. The fourth-order valence-corrected chi connectivity index (χ4v) is 5.83. The van der Waals surface area contributed by atoms with E-state index in [4.69, 9.17) is 5.73 Å². The van der Waals surface area contributed by atoms with Gasteiger partial charge in [0.15, 0.2) is 11.6 Å². The summed E-state index contributed by atoms with van der Waals surface area (Å²) in [7, 11) is 0. The number of benzene rings is 1. The molecule has 5 heterocycles. The first-order chi connectivity index (χ1) is 19.5. The lowest BCUT2D eigenvalue weighted by Crippen LogP contribution is -2.49. The molecule has 3 aliphatic heterocycles. The van der Waals surface area contributed by atoms with Crippen LogP contribution in [0, 0.1) is 11.6 Å². The minimum Gasteiger partial charge on any atom is -0.351 e. The van der Waals surface area contributed by atoms with Crippen molar-refractivity contribution in [2.75, 3.05) is 18.4 Å². The number of aryl methyl sites for hydroxylation is 1. The van der Waals surface area contributed by atoms with Crippen LogP contribution in [0.2, 0.25) is 0 Å². The summed E-state index contributed by atoms with van der Waals surface area (Å²) >= 11 is 0. The number of likely N-dealkylation sites (tertiary alicyclic amines) is 1. The molecule has 1 fully saturated rings. The number of primary amides is 1. The lowest BCUT2D eigenvalue weighted by Gasteiger charge is -2.36. The average molecular weight is 578 g/mol. The largest absolute Gasteiger partial charge is 0.396 e. The van der Waals surface area contributed by atoms with Crippen LogP contribution in [-0.2, 0) is 29.6 Å². The van der Waals surface area contributed by atoms with E-state index < -0.39 is 41.6 Å². The van der Waals surface area contributed by atoms with Gasteiger partial charge in [-0.1, -0.05) is 18.2 Å². The van der Waals surface area contributed by atoms with E-state index in [-0.39, 0.29) is 23.8 Å². The Morgan fingerprint density at radius 2 is 1.88 bits per heavy atom. The minimum absolute atomic E-state index is 0.0136. The first kappa shape index (κ1) is 28.4. The van der Waals surface area contributed by atoms with Crippen LogP contribution in [0.3, 0.4) is 0 Å². The number of halogens is 5. The smallest absolute Gasteiger partial charge is 0.351 e. The number of nitrogens with zero attached hydrogens (tertiary/aromatic N) is 5. The first-order valence-corrected chi connectivity index (χ1v) is 13.2. The van der Waals surface area contributed by atoms with E-state index in [1.807, 2.05) is 12.1 Å². The van der Waals surface area contributed by atoms with Gasteiger partial charge in [-0.25, -0.2) is 18.6 Å². The van der Waals surface area contributed by atoms with Crippen LogP contribution >= 0.6 is 0 Å². The van der Waals surface area contributed by atoms with E-state index in [9.17, 15) is 31.5 Å². The van der Waals surface area contributed by atoms with Crippen molar-refractivity contribution in [3.63, 3.8) is 0 Å². The number of amides is 3. The SMILES string of the molecule is Fc1cccc(C2CCCc3nnc(CC(F)(F)F)n3C2)c1F.NC(=O)N1CCC2(CC1)C(=O)Nc1ncccc12. The van der Waals surface area contributed by atoms with Crippen molar-refractivity contribution in [1.29, 1.82) is 0 Å². The maximum Gasteiger partial charge on any atom is 0.396 e. The first-order valence-electron chi connectivity index (χ1n) is 13.2. The molecule has 3 aromatic rings. The van der Waals surface area contributed by atoms with Crippen LogP contribution in [0.4, 0.5) is 32.6 Å². The quantitative estimate of drug-likeness (QED) is 0.442. The van der Waals surface area contributed by atoms with Crippen LogP contribution in [0.15, 0.2) is 36.5 Å². The molecule has 14 heteroatoms. The van der Waals surface area contributed by atoms with E-state index in [0.717, 1.165) is 11.6 Å². The van der Waals surface area contributed by atoms with E-state index in [0.29, 0.717) is 56.8 Å². The molecule has 218 valence electrons. The molecular formula is C27H28F5N7O2. The predicted molar refractivity (Wildman–Crippen MR) is 137 cm³/mol. The fourth-order valence-electron chi connectivity index (χ4n) is 5.83. The number of carbonyl (C=O) groups excluding carboxylic acids is 2. The highest BCUT2D eigenvalue weighted by atomic mass is 19.4. The second-order valence-corrected chi connectivity index (χ2v) is 10.4.